The summed E-state index contributed by atoms with van der Waals surface area (Å²) in [4.78, 5) is 6.35. The summed E-state index contributed by atoms with van der Waals surface area (Å²) in [7, 11) is 0. The van der Waals surface area contributed by atoms with Gasteiger partial charge in [-0.1, -0.05) is 32.0 Å². The average Bonchev–Trinajstić information content (AvgIpc) is 3.18. The van der Waals surface area contributed by atoms with E-state index >= 15 is 0 Å². The van der Waals surface area contributed by atoms with Gasteiger partial charge < -0.3 is 0 Å². The maximum atomic E-state index is 4.90. The van der Waals surface area contributed by atoms with Gasteiger partial charge in [-0.3, -0.25) is 0 Å². The van der Waals surface area contributed by atoms with E-state index in [4.69, 9.17) is 4.98 Å². The Morgan fingerprint density at radius 3 is 2.46 bits per heavy atom. The van der Waals surface area contributed by atoms with Crippen LogP contribution in [0.15, 0.2) is 48.5 Å². The van der Waals surface area contributed by atoms with Gasteiger partial charge in [0, 0.05) is 15.0 Å². The van der Waals surface area contributed by atoms with Gasteiger partial charge in [0.2, 0.25) is 0 Å². The van der Waals surface area contributed by atoms with E-state index in [2.05, 4.69) is 76.2 Å². The summed E-state index contributed by atoms with van der Waals surface area (Å²) < 4.78 is 2.64. The molecule has 0 atom stereocenters. The maximum absolute atomic E-state index is 4.90. The van der Waals surface area contributed by atoms with Crippen LogP contribution in [-0.2, 0) is 5.41 Å². The first-order valence-corrected chi connectivity index (χ1v) is 9.98. The van der Waals surface area contributed by atoms with Crippen LogP contribution in [0, 0.1) is 0 Å². The normalized spacial score (nSPS) is 12.5. The number of hydrogen-bond acceptors (Lipinski definition) is 3. The van der Waals surface area contributed by atoms with Gasteiger partial charge in [-0.05, 0) is 61.0 Å². The Morgan fingerprint density at radius 1 is 0.917 bits per heavy atom. The number of aromatic nitrogens is 1. The number of benzene rings is 2. The second-order valence-corrected chi connectivity index (χ2v) is 9.31. The lowest BCUT2D eigenvalue weighted by atomic mass is 9.85. The SMILES string of the molecule is CC(C)c1cc2cc(C(C)(C)c3nc4ccccc4s3)ccc2s1. The Bertz CT molecular complexity index is 988. The van der Waals surface area contributed by atoms with Crippen molar-refractivity contribution in [1.82, 2.24) is 4.98 Å². The molecular weight excluding hydrogens is 330 g/mol. The number of nitrogens with zero attached hydrogens (tertiary/aromatic N) is 1. The Morgan fingerprint density at radius 2 is 1.71 bits per heavy atom. The van der Waals surface area contributed by atoms with Crippen molar-refractivity contribution in [1.29, 1.82) is 0 Å². The number of thiophene rings is 1. The van der Waals surface area contributed by atoms with Crippen LogP contribution in [0.3, 0.4) is 0 Å². The lowest BCUT2D eigenvalue weighted by Crippen LogP contribution is -2.18. The molecule has 2 aromatic carbocycles. The summed E-state index contributed by atoms with van der Waals surface area (Å²) in [6.45, 7) is 9.08. The minimum absolute atomic E-state index is 0.0855. The molecule has 0 aliphatic carbocycles. The average molecular weight is 352 g/mol. The number of rotatable bonds is 3. The molecule has 0 saturated heterocycles. The highest BCUT2D eigenvalue weighted by atomic mass is 32.1. The van der Waals surface area contributed by atoms with Gasteiger partial charge >= 0.3 is 0 Å². The van der Waals surface area contributed by atoms with Crippen molar-refractivity contribution < 1.29 is 0 Å². The van der Waals surface area contributed by atoms with Gasteiger partial charge in [0.25, 0.3) is 0 Å². The zero-order valence-electron chi connectivity index (χ0n) is 14.5. The van der Waals surface area contributed by atoms with Crippen LogP contribution in [0.25, 0.3) is 20.3 Å². The smallest absolute Gasteiger partial charge is 0.104 e. The van der Waals surface area contributed by atoms with Crippen LogP contribution in [-0.4, -0.2) is 4.98 Å². The van der Waals surface area contributed by atoms with Gasteiger partial charge in [0.05, 0.1) is 10.2 Å². The molecular formula is C21H21NS2. The quantitative estimate of drug-likeness (QED) is 0.389. The number of thiazole rings is 1. The summed E-state index contributed by atoms with van der Waals surface area (Å²) in [6, 6.07) is 17.6. The van der Waals surface area contributed by atoms with Gasteiger partial charge in [-0.15, -0.1) is 22.7 Å². The molecule has 0 amide bonds. The van der Waals surface area contributed by atoms with Crippen molar-refractivity contribution in [3.8, 4) is 0 Å². The van der Waals surface area contributed by atoms with Gasteiger partial charge in [0.1, 0.15) is 5.01 Å². The van der Waals surface area contributed by atoms with E-state index in [9.17, 15) is 0 Å². The summed E-state index contributed by atoms with van der Waals surface area (Å²) in [5.74, 6) is 0.586. The number of fused-ring (bicyclic) bond motifs is 2. The largest absolute Gasteiger partial charge is 0.240 e. The molecule has 0 bridgehead atoms. The van der Waals surface area contributed by atoms with E-state index in [1.54, 1.807) is 11.3 Å². The van der Waals surface area contributed by atoms with Crippen molar-refractivity contribution in [2.75, 3.05) is 0 Å². The minimum atomic E-state index is -0.0855. The van der Waals surface area contributed by atoms with Crippen LogP contribution in [0.2, 0.25) is 0 Å². The molecule has 0 spiro atoms. The number of hydrogen-bond donors (Lipinski definition) is 0. The molecule has 122 valence electrons. The number of para-hydroxylation sites is 1. The third kappa shape index (κ3) is 2.56. The van der Waals surface area contributed by atoms with Crippen molar-refractivity contribution in [3.05, 3.63) is 64.0 Å². The zero-order valence-corrected chi connectivity index (χ0v) is 16.1. The van der Waals surface area contributed by atoms with Crippen molar-refractivity contribution >= 4 is 43.0 Å². The molecule has 4 aromatic rings. The summed E-state index contributed by atoms with van der Waals surface area (Å²) in [5.41, 5.74) is 2.35. The third-order valence-corrected chi connectivity index (χ3v) is 7.43. The van der Waals surface area contributed by atoms with Gasteiger partial charge in [-0.2, -0.15) is 0 Å². The van der Waals surface area contributed by atoms with E-state index in [0.717, 1.165) is 5.52 Å². The molecule has 2 aromatic heterocycles. The first-order valence-electron chi connectivity index (χ1n) is 8.35. The van der Waals surface area contributed by atoms with Crippen LogP contribution >= 0.6 is 22.7 Å². The van der Waals surface area contributed by atoms with Crippen LogP contribution < -0.4 is 0 Å². The highest BCUT2D eigenvalue weighted by Gasteiger charge is 2.27. The van der Waals surface area contributed by atoms with Crippen LogP contribution in [0.1, 0.15) is 49.1 Å². The first kappa shape index (κ1) is 15.8. The van der Waals surface area contributed by atoms with E-state index in [1.807, 2.05) is 11.3 Å². The zero-order chi connectivity index (χ0) is 16.9. The summed E-state index contributed by atoms with van der Waals surface area (Å²) in [6.07, 6.45) is 0. The molecule has 0 N–H and O–H groups in total. The van der Waals surface area contributed by atoms with E-state index < -0.39 is 0 Å². The second-order valence-electron chi connectivity index (χ2n) is 7.17. The molecule has 3 heteroatoms. The highest BCUT2D eigenvalue weighted by Crippen LogP contribution is 2.39. The minimum Gasteiger partial charge on any atom is -0.240 e. The molecule has 0 unspecified atom stereocenters. The van der Waals surface area contributed by atoms with Crippen molar-refractivity contribution in [2.45, 2.75) is 39.0 Å². The summed E-state index contributed by atoms with van der Waals surface area (Å²) >= 11 is 3.72. The monoisotopic (exact) mass is 351 g/mol. The molecule has 0 aliphatic heterocycles. The molecule has 0 saturated carbocycles. The molecule has 4 rings (SSSR count). The fourth-order valence-electron chi connectivity index (χ4n) is 3.00. The van der Waals surface area contributed by atoms with Crippen LogP contribution in [0.5, 0.6) is 0 Å². The lowest BCUT2D eigenvalue weighted by molar-refractivity contribution is 0.638. The Kier molecular flexibility index (Phi) is 3.74. The van der Waals surface area contributed by atoms with E-state index in [-0.39, 0.29) is 5.41 Å². The van der Waals surface area contributed by atoms with E-state index in [0.29, 0.717) is 5.92 Å². The summed E-state index contributed by atoms with van der Waals surface area (Å²) in [5, 5.41) is 2.54. The van der Waals surface area contributed by atoms with Crippen molar-refractivity contribution in [3.63, 3.8) is 0 Å². The van der Waals surface area contributed by atoms with Gasteiger partial charge in [0.15, 0.2) is 0 Å². The second kappa shape index (κ2) is 5.68. The molecule has 2 heterocycles. The third-order valence-electron chi connectivity index (χ3n) is 4.65. The fourth-order valence-corrected chi connectivity index (χ4v) is 5.14. The first-order chi connectivity index (χ1) is 11.4. The topological polar surface area (TPSA) is 12.9 Å². The lowest BCUT2D eigenvalue weighted by Gasteiger charge is -2.22. The predicted octanol–water partition coefficient (Wildman–Crippen LogP) is 6.96. The van der Waals surface area contributed by atoms with Crippen molar-refractivity contribution in [2.24, 2.45) is 0 Å². The molecule has 1 nitrogen and oxygen atoms in total. The predicted molar refractivity (Wildman–Crippen MR) is 108 cm³/mol. The standard InChI is InChI=1S/C21H21NS2/c1-13(2)19-12-14-11-15(9-10-17(14)23-19)21(3,4)20-22-16-7-5-6-8-18(16)24-20/h5-13H,1-4H3. The molecule has 0 radical (unpaired) electrons. The fraction of sp³-hybridized carbons (Fsp3) is 0.286. The van der Waals surface area contributed by atoms with Gasteiger partial charge in [-0.25, -0.2) is 4.98 Å². The molecule has 24 heavy (non-hydrogen) atoms. The van der Waals surface area contributed by atoms with E-state index in [1.165, 1.54) is 30.2 Å². The highest BCUT2D eigenvalue weighted by molar-refractivity contribution is 7.19. The Hall–Kier alpha value is -1.71. The maximum Gasteiger partial charge on any atom is 0.104 e. The Balaban J connectivity index is 1.81. The molecule has 0 aliphatic rings. The van der Waals surface area contributed by atoms with Crippen LogP contribution in [0.4, 0.5) is 0 Å². The Labute approximate surface area is 151 Å². The molecule has 0 fully saturated rings.